The van der Waals surface area contributed by atoms with E-state index in [1.54, 1.807) is 0 Å². The van der Waals surface area contributed by atoms with Crippen molar-refractivity contribution < 1.29 is 0 Å². The van der Waals surface area contributed by atoms with Crippen LogP contribution >= 0.6 is 12.6 Å². The average Bonchev–Trinajstić information content (AvgIpc) is 2.43. The van der Waals surface area contributed by atoms with Gasteiger partial charge in [0.2, 0.25) is 0 Å². The minimum absolute atomic E-state index is 0.607. The van der Waals surface area contributed by atoms with E-state index in [2.05, 4.69) is 36.7 Å². The Morgan fingerprint density at radius 3 is 3.13 bits per heavy atom. The monoisotopic (exact) mass is 225 g/mol. The SMILES string of the molecule is CN(CCS)C[C@@]12CC=CCC(CC1)C2. The fourth-order valence-electron chi connectivity index (χ4n) is 3.37. The summed E-state index contributed by atoms with van der Waals surface area (Å²) in [5, 5.41) is 0. The van der Waals surface area contributed by atoms with Crippen LogP contribution in [0.25, 0.3) is 0 Å². The van der Waals surface area contributed by atoms with Gasteiger partial charge in [0.05, 0.1) is 0 Å². The van der Waals surface area contributed by atoms with Crippen LogP contribution in [0.5, 0.6) is 0 Å². The van der Waals surface area contributed by atoms with Crippen LogP contribution in [-0.2, 0) is 0 Å². The highest BCUT2D eigenvalue weighted by Gasteiger charge is 2.39. The zero-order valence-electron chi connectivity index (χ0n) is 9.78. The number of fused-ring (bicyclic) bond motifs is 2. The van der Waals surface area contributed by atoms with Gasteiger partial charge < -0.3 is 4.90 Å². The number of nitrogens with zero attached hydrogens (tertiary/aromatic N) is 1. The normalized spacial score (nSPS) is 34.7. The van der Waals surface area contributed by atoms with Gasteiger partial charge >= 0.3 is 0 Å². The lowest BCUT2D eigenvalue weighted by Crippen LogP contribution is -2.34. The molecule has 0 radical (unpaired) electrons. The van der Waals surface area contributed by atoms with Gasteiger partial charge in [-0.2, -0.15) is 12.6 Å². The molecule has 2 aliphatic rings. The zero-order valence-corrected chi connectivity index (χ0v) is 10.7. The van der Waals surface area contributed by atoms with Crippen LogP contribution in [0.2, 0.25) is 0 Å². The fourth-order valence-corrected chi connectivity index (χ4v) is 3.71. The molecule has 0 aromatic rings. The number of hydrogen-bond donors (Lipinski definition) is 1. The van der Waals surface area contributed by atoms with Crippen molar-refractivity contribution in [2.45, 2.75) is 32.1 Å². The third-order valence-corrected chi connectivity index (χ3v) is 4.28. The lowest BCUT2D eigenvalue weighted by Gasteiger charge is -2.32. The summed E-state index contributed by atoms with van der Waals surface area (Å²) in [6, 6.07) is 0. The highest BCUT2D eigenvalue weighted by molar-refractivity contribution is 7.80. The lowest BCUT2D eigenvalue weighted by molar-refractivity contribution is 0.182. The van der Waals surface area contributed by atoms with Gasteiger partial charge in [0, 0.05) is 18.8 Å². The maximum atomic E-state index is 4.31. The third-order valence-electron chi connectivity index (χ3n) is 4.08. The van der Waals surface area contributed by atoms with Gasteiger partial charge in [-0.25, -0.2) is 0 Å². The van der Waals surface area contributed by atoms with Gasteiger partial charge in [0.1, 0.15) is 0 Å². The highest BCUT2D eigenvalue weighted by atomic mass is 32.1. The maximum Gasteiger partial charge on any atom is 0.00670 e. The molecule has 2 atom stereocenters. The molecule has 1 saturated carbocycles. The van der Waals surface area contributed by atoms with Gasteiger partial charge in [-0.3, -0.25) is 0 Å². The molecule has 0 saturated heterocycles. The molecule has 0 spiro atoms. The summed E-state index contributed by atoms with van der Waals surface area (Å²) >= 11 is 4.31. The van der Waals surface area contributed by atoms with Crippen LogP contribution in [0.3, 0.4) is 0 Å². The molecular formula is C13H23NS. The molecule has 0 N–H and O–H groups in total. The highest BCUT2D eigenvalue weighted by Crippen LogP contribution is 2.48. The van der Waals surface area contributed by atoms with E-state index >= 15 is 0 Å². The Bertz CT molecular complexity index is 239. The van der Waals surface area contributed by atoms with Gasteiger partial charge in [-0.05, 0) is 50.5 Å². The molecule has 2 aliphatic carbocycles. The molecule has 0 aromatic heterocycles. The molecule has 15 heavy (non-hydrogen) atoms. The van der Waals surface area contributed by atoms with Crippen molar-refractivity contribution in [2.24, 2.45) is 11.3 Å². The van der Waals surface area contributed by atoms with Crippen LogP contribution in [0.1, 0.15) is 32.1 Å². The molecule has 86 valence electrons. The van der Waals surface area contributed by atoms with Gasteiger partial charge in [0.25, 0.3) is 0 Å². The van der Waals surface area contributed by atoms with Crippen molar-refractivity contribution in [3.05, 3.63) is 12.2 Å². The van der Waals surface area contributed by atoms with E-state index in [-0.39, 0.29) is 0 Å². The van der Waals surface area contributed by atoms with E-state index in [9.17, 15) is 0 Å². The number of rotatable bonds is 4. The largest absolute Gasteiger partial charge is 0.305 e. The van der Waals surface area contributed by atoms with Gasteiger partial charge in [0.15, 0.2) is 0 Å². The van der Waals surface area contributed by atoms with Crippen molar-refractivity contribution in [1.29, 1.82) is 0 Å². The summed E-state index contributed by atoms with van der Waals surface area (Å²) in [5.74, 6) is 1.96. The van der Waals surface area contributed by atoms with E-state index in [1.807, 2.05) is 0 Å². The molecule has 1 nitrogen and oxygen atoms in total. The van der Waals surface area contributed by atoms with Crippen molar-refractivity contribution in [1.82, 2.24) is 4.90 Å². The van der Waals surface area contributed by atoms with Crippen molar-refractivity contribution in [2.75, 3.05) is 25.9 Å². The van der Waals surface area contributed by atoms with Crippen molar-refractivity contribution >= 4 is 12.6 Å². The van der Waals surface area contributed by atoms with Crippen LogP contribution in [0.15, 0.2) is 12.2 Å². The standard InChI is InChI=1S/C13H23NS/c1-14(8-9-15)11-13-6-3-2-4-12(10-13)5-7-13/h2-3,12,15H,4-11H2,1H3/t12?,13-/m0/s1. The van der Waals surface area contributed by atoms with E-state index in [0.717, 1.165) is 18.2 Å². The molecule has 2 heteroatoms. The van der Waals surface area contributed by atoms with Crippen molar-refractivity contribution in [3.8, 4) is 0 Å². The van der Waals surface area contributed by atoms with Crippen LogP contribution < -0.4 is 0 Å². The summed E-state index contributed by atoms with van der Waals surface area (Å²) in [4.78, 5) is 2.47. The first kappa shape index (κ1) is 11.5. The third kappa shape index (κ3) is 2.79. The molecule has 0 heterocycles. The topological polar surface area (TPSA) is 3.24 Å². The predicted molar refractivity (Wildman–Crippen MR) is 69.5 cm³/mol. The molecule has 2 rings (SSSR count). The summed E-state index contributed by atoms with van der Waals surface area (Å²) in [6.07, 6.45) is 11.8. The molecule has 1 fully saturated rings. The van der Waals surface area contributed by atoms with Crippen LogP contribution in [-0.4, -0.2) is 30.8 Å². The number of thiol groups is 1. The molecule has 0 aromatic carbocycles. The zero-order chi connectivity index (χ0) is 10.7. The first-order chi connectivity index (χ1) is 7.24. The Morgan fingerprint density at radius 2 is 2.33 bits per heavy atom. The van der Waals surface area contributed by atoms with Crippen molar-refractivity contribution in [3.63, 3.8) is 0 Å². The minimum atomic E-state index is 0.607. The second-order valence-corrected chi connectivity index (χ2v) is 5.93. The lowest BCUT2D eigenvalue weighted by atomic mass is 9.82. The summed E-state index contributed by atoms with van der Waals surface area (Å²) in [7, 11) is 2.24. The van der Waals surface area contributed by atoms with Gasteiger partial charge in [-0.15, -0.1) is 0 Å². The average molecular weight is 225 g/mol. The molecule has 0 aliphatic heterocycles. The molecule has 0 amide bonds. The van der Waals surface area contributed by atoms with Gasteiger partial charge in [-0.1, -0.05) is 12.2 Å². The predicted octanol–water partition coefficient (Wildman–Crippen LogP) is 2.98. The van der Waals surface area contributed by atoms with E-state index < -0.39 is 0 Å². The Kier molecular flexibility index (Phi) is 3.78. The first-order valence-electron chi connectivity index (χ1n) is 6.18. The molecule has 1 unspecified atom stereocenters. The Morgan fingerprint density at radius 1 is 1.47 bits per heavy atom. The minimum Gasteiger partial charge on any atom is -0.305 e. The quantitative estimate of drug-likeness (QED) is 0.568. The van der Waals surface area contributed by atoms with E-state index in [4.69, 9.17) is 0 Å². The van der Waals surface area contributed by atoms with Crippen LogP contribution in [0.4, 0.5) is 0 Å². The Labute approximate surface area is 99.3 Å². The maximum absolute atomic E-state index is 4.31. The van der Waals surface area contributed by atoms with Crippen LogP contribution in [0, 0.1) is 11.3 Å². The Balaban J connectivity index is 1.96. The summed E-state index contributed by atoms with van der Waals surface area (Å²) < 4.78 is 0. The number of hydrogen-bond acceptors (Lipinski definition) is 2. The summed E-state index contributed by atoms with van der Waals surface area (Å²) in [5.41, 5.74) is 0.607. The van der Waals surface area contributed by atoms with E-state index in [0.29, 0.717) is 5.41 Å². The first-order valence-corrected chi connectivity index (χ1v) is 6.82. The fraction of sp³-hybridized carbons (Fsp3) is 0.846. The molecule has 2 bridgehead atoms. The Hall–Kier alpha value is 0.0500. The number of allylic oxidation sites excluding steroid dienone is 2. The molecular weight excluding hydrogens is 202 g/mol. The second kappa shape index (κ2) is 4.92. The van der Waals surface area contributed by atoms with E-state index in [1.165, 1.54) is 38.6 Å². The summed E-state index contributed by atoms with van der Waals surface area (Å²) in [6.45, 7) is 2.40. The smallest absolute Gasteiger partial charge is 0.00670 e. The second-order valence-electron chi connectivity index (χ2n) is 5.48.